The summed E-state index contributed by atoms with van der Waals surface area (Å²) >= 11 is 5.92. The molecule has 136 valence electrons. The highest BCUT2D eigenvalue weighted by molar-refractivity contribution is 6.30. The van der Waals surface area contributed by atoms with Gasteiger partial charge in [0.15, 0.2) is 0 Å². The van der Waals surface area contributed by atoms with E-state index in [1.807, 2.05) is 0 Å². The molecule has 0 spiro atoms. The van der Waals surface area contributed by atoms with E-state index in [1.54, 1.807) is 48.5 Å². The Morgan fingerprint density at radius 2 is 1.89 bits per heavy atom. The predicted octanol–water partition coefficient (Wildman–Crippen LogP) is 3.91. The third kappa shape index (κ3) is 4.59. The summed E-state index contributed by atoms with van der Waals surface area (Å²) in [5.74, 6) is -0.734. The summed E-state index contributed by atoms with van der Waals surface area (Å²) in [7, 11) is 1.30. The number of hydrogen-bond acceptors (Lipinski definition) is 6. The Hall–Kier alpha value is -3.45. The van der Waals surface area contributed by atoms with Crippen LogP contribution in [0.25, 0.3) is 0 Å². The minimum atomic E-state index is -0.493. The monoisotopic (exact) mass is 382 g/mol. The Bertz CT molecular complexity index is 994. The fraction of sp³-hybridized carbons (Fsp3) is 0.0526. The number of ether oxygens (including phenoxy) is 1. The minimum Gasteiger partial charge on any atom is -0.465 e. The number of amides is 1. The Balaban J connectivity index is 1.80. The van der Waals surface area contributed by atoms with Gasteiger partial charge in [-0.3, -0.25) is 4.79 Å². The Morgan fingerprint density at radius 3 is 2.67 bits per heavy atom. The molecule has 3 rings (SSSR count). The first-order valence-corrected chi connectivity index (χ1v) is 8.29. The topological polar surface area (TPSA) is 93.2 Å². The Morgan fingerprint density at radius 1 is 1.07 bits per heavy atom. The van der Waals surface area contributed by atoms with Crippen molar-refractivity contribution in [2.75, 3.05) is 17.7 Å². The van der Waals surface area contributed by atoms with Gasteiger partial charge >= 0.3 is 5.97 Å². The quantitative estimate of drug-likeness (QED) is 0.650. The lowest BCUT2D eigenvalue weighted by molar-refractivity contribution is 0.0601. The van der Waals surface area contributed by atoms with Crippen LogP contribution in [0, 0.1) is 0 Å². The van der Waals surface area contributed by atoms with Crippen LogP contribution >= 0.6 is 11.6 Å². The first-order chi connectivity index (χ1) is 13.1. The van der Waals surface area contributed by atoms with Gasteiger partial charge in [0.2, 0.25) is 5.95 Å². The maximum Gasteiger partial charge on any atom is 0.339 e. The van der Waals surface area contributed by atoms with Gasteiger partial charge in [-0.15, -0.1) is 0 Å². The van der Waals surface area contributed by atoms with E-state index in [9.17, 15) is 9.59 Å². The Kier molecular flexibility index (Phi) is 5.63. The van der Waals surface area contributed by atoms with E-state index in [2.05, 4.69) is 20.6 Å². The summed E-state index contributed by atoms with van der Waals surface area (Å²) < 4.78 is 4.76. The van der Waals surface area contributed by atoms with Gasteiger partial charge in [-0.2, -0.15) is 0 Å². The first-order valence-electron chi connectivity index (χ1n) is 7.91. The normalized spacial score (nSPS) is 10.1. The van der Waals surface area contributed by atoms with Crippen LogP contribution in [0.3, 0.4) is 0 Å². The average molecular weight is 383 g/mol. The number of aromatic nitrogens is 2. The predicted molar refractivity (Wildman–Crippen MR) is 103 cm³/mol. The molecule has 2 N–H and O–H groups in total. The van der Waals surface area contributed by atoms with Gasteiger partial charge in [0.25, 0.3) is 5.91 Å². The highest BCUT2D eigenvalue weighted by Gasteiger charge is 2.14. The van der Waals surface area contributed by atoms with E-state index in [0.29, 0.717) is 22.0 Å². The molecule has 8 heteroatoms. The van der Waals surface area contributed by atoms with Gasteiger partial charge in [-0.05, 0) is 36.4 Å². The zero-order valence-electron chi connectivity index (χ0n) is 14.3. The molecule has 3 aromatic rings. The van der Waals surface area contributed by atoms with Crippen LogP contribution in [0.15, 0.2) is 60.8 Å². The second kappa shape index (κ2) is 8.29. The van der Waals surface area contributed by atoms with E-state index in [1.165, 1.54) is 19.4 Å². The van der Waals surface area contributed by atoms with Gasteiger partial charge < -0.3 is 15.4 Å². The smallest absolute Gasteiger partial charge is 0.339 e. The number of rotatable bonds is 5. The van der Waals surface area contributed by atoms with Gasteiger partial charge in [0, 0.05) is 16.9 Å². The van der Waals surface area contributed by atoms with Crippen molar-refractivity contribution in [3.05, 3.63) is 77.1 Å². The maximum atomic E-state index is 12.4. The van der Waals surface area contributed by atoms with Crippen molar-refractivity contribution in [2.45, 2.75) is 0 Å². The van der Waals surface area contributed by atoms with Crippen LogP contribution in [-0.4, -0.2) is 29.0 Å². The molecule has 0 aliphatic rings. The highest BCUT2D eigenvalue weighted by Crippen LogP contribution is 2.20. The lowest BCUT2D eigenvalue weighted by Crippen LogP contribution is -2.15. The number of benzene rings is 2. The number of carbonyl (C=O) groups excluding carboxylic acids is 2. The zero-order chi connectivity index (χ0) is 19.2. The molecule has 0 aliphatic heterocycles. The number of esters is 1. The second-order valence-corrected chi connectivity index (χ2v) is 5.83. The van der Waals surface area contributed by atoms with Crippen molar-refractivity contribution in [1.29, 1.82) is 0 Å². The SMILES string of the molecule is COC(=O)c1ccccc1Nc1nccc(C(=O)Nc2cccc(Cl)c2)n1. The maximum absolute atomic E-state index is 12.4. The van der Waals surface area contributed by atoms with Gasteiger partial charge in [-0.1, -0.05) is 29.8 Å². The molecule has 0 bridgehead atoms. The highest BCUT2D eigenvalue weighted by atomic mass is 35.5. The molecule has 0 unspecified atom stereocenters. The van der Waals surface area contributed by atoms with Gasteiger partial charge in [0.05, 0.1) is 18.4 Å². The van der Waals surface area contributed by atoms with Crippen molar-refractivity contribution < 1.29 is 14.3 Å². The lowest BCUT2D eigenvalue weighted by atomic mass is 10.2. The molecule has 7 nitrogen and oxygen atoms in total. The second-order valence-electron chi connectivity index (χ2n) is 5.39. The number of hydrogen-bond donors (Lipinski definition) is 2. The van der Waals surface area contributed by atoms with Crippen molar-refractivity contribution in [1.82, 2.24) is 9.97 Å². The number of halogens is 1. The Labute approximate surface area is 160 Å². The largest absolute Gasteiger partial charge is 0.465 e. The van der Waals surface area contributed by atoms with E-state index in [0.717, 1.165) is 0 Å². The number of carbonyl (C=O) groups is 2. The summed E-state index contributed by atoms with van der Waals surface area (Å²) in [6, 6.07) is 15.0. The average Bonchev–Trinajstić information content (AvgIpc) is 2.68. The van der Waals surface area contributed by atoms with E-state index in [-0.39, 0.29) is 11.6 Å². The van der Waals surface area contributed by atoms with Crippen molar-refractivity contribution in [3.8, 4) is 0 Å². The van der Waals surface area contributed by atoms with Gasteiger partial charge in [0.1, 0.15) is 5.69 Å². The first kappa shape index (κ1) is 18.3. The van der Waals surface area contributed by atoms with Crippen LogP contribution in [0.4, 0.5) is 17.3 Å². The summed E-state index contributed by atoms with van der Waals surface area (Å²) in [6.45, 7) is 0. The molecule has 0 atom stereocenters. The van der Waals surface area contributed by atoms with Crippen molar-refractivity contribution in [2.24, 2.45) is 0 Å². The summed E-state index contributed by atoms with van der Waals surface area (Å²) in [4.78, 5) is 32.5. The molecule has 1 aromatic heterocycles. The number of anilines is 3. The van der Waals surface area contributed by atoms with Crippen LogP contribution < -0.4 is 10.6 Å². The molecule has 0 fully saturated rings. The summed E-state index contributed by atoms with van der Waals surface area (Å²) in [5, 5.41) is 6.16. The third-order valence-corrected chi connectivity index (χ3v) is 3.78. The number of nitrogens with one attached hydrogen (secondary N) is 2. The fourth-order valence-corrected chi connectivity index (χ4v) is 2.50. The number of methoxy groups -OCH3 is 1. The molecular weight excluding hydrogens is 368 g/mol. The number of para-hydroxylation sites is 1. The van der Waals surface area contributed by atoms with E-state index < -0.39 is 11.9 Å². The fourth-order valence-electron chi connectivity index (χ4n) is 2.31. The minimum absolute atomic E-state index is 0.156. The number of nitrogens with zero attached hydrogens (tertiary/aromatic N) is 2. The van der Waals surface area contributed by atoms with Crippen LogP contribution in [0.2, 0.25) is 5.02 Å². The standard InChI is InChI=1S/C19H15ClN4O3/c1-27-18(26)14-7-2-3-8-15(14)23-19-21-10-9-16(24-19)17(25)22-13-6-4-5-12(20)11-13/h2-11H,1H3,(H,22,25)(H,21,23,24). The molecule has 2 aromatic carbocycles. The van der Waals surface area contributed by atoms with Gasteiger partial charge in [-0.25, -0.2) is 14.8 Å². The molecule has 0 radical (unpaired) electrons. The van der Waals surface area contributed by atoms with Crippen molar-refractivity contribution >= 4 is 40.8 Å². The van der Waals surface area contributed by atoms with Crippen molar-refractivity contribution in [3.63, 3.8) is 0 Å². The molecule has 1 heterocycles. The molecular formula is C19H15ClN4O3. The zero-order valence-corrected chi connectivity index (χ0v) is 15.0. The van der Waals surface area contributed by atoms with E-state index >= 15 is 0 Å². The lowest BCUT2D eigenvalue weighted by Gasteiger charge is -2.10. The van der Waals surface area contributed by atoms with Crippen LogP contribution in [-0.2, 0) is 4.74 Å². The molecule has 0 aliphatic carbocycles. The summed E-state index contributed by atoms with van der Waals surface area (Å²) in [5.41, 5.74) is 1.51. The molecule has 0 saturated carbocycles. The molecule has 1 amide bonds. The molecule has 27 heavy (non-hydrogen) atoms. The molecule has 0 saturated heterocycles. The van der Waals surface area contributed by atoms with E-state index in [4.69, 9.17) is 16.3 Å². The summed E-state index contributed by atoms with van der Waals surface area (Å²) in [6.07, 6.45) is 1.45. The third-order valence-electron chi connectivity index (χ3n) is 3.55. The van der Waals surface area contributed by atoms with Crippen LogP contribution in [0.5, 0.6) is 0 Å². The van der Waals surface area contributed by atoms with Crippen LogP contribution in [0.1, 0.15) is 20.8 Å².